The van der Waals surface area contributed by atoms with Crippen molar-refractivity contribution >= 4 is 6.29 Å². The molecule has 1 aliphatic heterocycles. The van der Waals surface area contributed by atoms with Crippen molar-refractivity contribution in [1.82, 2.24) is 0 Å². The number of hydrogen-bond donors (Lipinski definition) is 0. The van der Waals surface area contributed by atoms with E-state index in [2.05, 4.69) is 0 Å². The molecule has 0 N–H and O–H groups in total. The molecule has 14 heavy (non-hydrogen) atoms. The van der Waals surface area contributed by atoms with Crippen molar-refractivity contribution in [2.45, 2.75) is 51.1 Å². The largest absolute Gasteiger partial charge is 0.343 e. The number of fused-ring (bicyclic) bond motifs is 2. The second-order valence-electron chi connectivity index (χ2n) is 5.00. The van der Waals surface area contributed by atoms with Gasteiger partial charge in [0.1, 0.15) is 6.29 Å². The highest BCUT2D eigenvalue weighted by atomic mass is 16.8. The first-order valence-electron chi connectivity index (χ1n) is 5.45. The summed E-state index contributed by atoms with van der Waals surface area (Å²) in [6.45, 7) is 4.04. The van der Waals surface area contributed by atoms with Gasteiger partial charge in [-0.05, 0) is 32.6 Å². The molecule has 2 saturated carbocycles. The van der Waals surface area contributed by atoms with Gasteiger partial charge in [-0.25, -0.2) is 0 Å². The molecule has 2 aliphatic carbocycles. The Morgan fingerprint density at radius 2 is 1.93 bits per heavy atom. The Bertz CT molecular complexity index is 278. The van der Waals surface area contributed by atoms with E-state index in [0.29, 0.717) is 5.92 Å². The third-order valence-corrected chi connectivity index (χ3v) is 4.31. The Hall–Kier alpha value is -0.410. The topological polar surface area (TPSA) is 35.5 Å². The number of aldehydes is 1. The number of ether oxygens (including phenoxy) is 2. The van der Waals surface area contributed by atoms with Crippen LogP contribution in [0.1, 0.15) is 33.1 Å². The first kappa shape index (κ1) is 8.86. The average molecular weight is 196 g/mol. The summed E-state index contributed by atoms with van der Waals surface area (Å²) in [7, 11) is 0. The van der Waals surface area contributed by atoms with Crippen LogP contribution in [0, 0.1) is 11.3 Å². The van der Waals surface area contributed by atoms with Crippen molar-refractivity contribution < 1.29 is 14.3 Å². The van der Waals surface area contributed by atoms with E-state index in [0.717, 1.165) is 25.5 Å². The second kappa shape index (κ2) is 2.39. The molecular formula is C11H16O3. The van der Waals surface area contributed by atoms with E-state index in [4.69, 9.17) is 9.47 Å². The highest BCUT2D eigenvalue weighted by Crippen LogP contribution is 2.70. The molecule has 0 aromatic heterocycles. The van der Waals surface area contributed by atoms with Crippen LogP contribution in [0.15, 0.2) is 0 Å². The summed E-state index contributed by atoms with van der Waals surface area (Å²) in [4.78, 5) is 11.2. The Morgan fingerprint density at radius 1 is 1.29 bits per heavy atom. The lowest BCUT2D eigenvalue weighted by Crippen LogP contribution is -2.40. The molecule has 3 rings (SSSR count). The summed E-state index contributed by atoms with van der Waals surface area (Å²) < 4.78 is 11.8. The van der Waals surface area contributed by atoms with Crippen LogP contribution in [0.4, 0.5) is 0 Å². The van der Waals surface area contributed by atoms with Crippen LogP contribution in [-0.2, 0) is 14.3 Å². The van der Waals surface area contributed by atoms with Crippen LogP contribution in [0.5, 0.6) is 0 Å². The third-order valence-electron chi connectivity index (χ3n) is 4.31. The number of carbonyl (C=O) groups is 1. The number of carbonyl (C=O) groups excluding carboxylic acids is 1. The molecule has 0 aromatic rings. The Labute approximate surface area is 83.8 Å². The molecule has 3 nitrogen and oxygen atoms in total. The van der Waals surface area contributed by atoms with E-state index < -0.39 is 5.79 Å². The number of rotatable bonds is 1. The fourth-order valence-corrected chi connectivity index (χ4v) is 3.16. The van der Waals surface area contributed by atoms with Crippen molar-refractivity contribution in [2.75, 3.05) is 0 Å². The molecule has 0 amide bonds. The second-order valence-corrected chi connectivity index (χ2v) is 5.00. The van der Waals surface area contributed by atoms with Gasteiger partial charge in [0, 0.05) is 6.42 Å². The molecule has 0 aromatic carbocycles. The van der Waals surface area contributed by atoms with Gasteiger partial charge in [-0.15, -0.1) is 0 Å². The molecular weight excluding hydrogens is 180 g/mol. The van der Waals surface area contributed by atoms with E-state index in [1.54, 1.807) is 0 Å². The van der Waals surface area contributed by atoms with E-state index in [1.807, 2.05) is 13.8 Å². The van der Waals surface area contributed by atoms with Crippen molar-refractivity contribution in [3.05, 3.63) is 0 Å². The minimum atomic E-state index is -0.557. The Kier molecular flexibility index (Phi) is 1.51. The molecule has 78 valence electrons. The molecule has 3 fully saturated rings. The fourth-order valence-electron chi connectivity index (χ4n) is 3.16. The third kappa shape index (κ3) is 0.789. The summed E-state index contributed by atoms with van der Waals surface area (Å²) in [5.74, 6) is -0.0318. The van der Waals surface area contributed by atoms with Gasteiger partial charge in [0.2, 0.25) is 0 Å². The van der Waals surface area contributed by atoms with Crippen molar-refractivity contribution in [3.63, 3.8) is 0 Å². The molecule has 1 spiro atoms. The standard InChI is InChI=1S/C11H16O3/c1-7-8(2)14-11(13-7)4-3-9-5-10(9,11)6-12/h6-9H,3-5H2,1-2H3. The predicted octanol–water partition coefficient (Wildman–Crippen LogP) is 1.51. The quantitative estimate of drug-likeness (QED) is 0.596. The first-order valence-corrected chi connectivity index (χ1v) is 5.45. The molecule has 1 saturated heterocycles. The Morgan fingerprint density at radius 3 is 2.43 bits per heavy atom. The van der Waals surface area contributed by atoms with Crippen LogP contribution in [0.2, 0.25) is 0 Å². The molecule has 0 radical (unpaired) electrons. The maximum Gasteiger partial charge on any atom is 0.181 e. The van der Waals surface area contributed by atoms with E-state index in [1.165, 1.54) is 0 Å². The SMILES string of the molecule is CC1OC2(CCC3CC32C=O)OC1C. The fraction of sp³-hybridized carbons (Fsp3) is 0.909. The summed E-state index contributed by atoms with van der Waals surface area (Å²) in [5, 5.41) is 0. The zero-order valence-electron chi connectivity index (χ0n) is 8.66. The molecule has 4 atom stereocenters. The summed E-state index contributed by atoms with van der Waals surface area (Å²) in [6.07, 6.45) is 4.26. The highest BCUT2D eigenvalue weighted by molar-refractivity contribution is 5.68. The van der Waals surface area contributed by atoms with Crippen LogP contribution in [0.3, 0.4) is 0 Å². The molecule has 3 heteroatoms. The molecule has 1 heterocycles. The Balaban J connectivity index is 1.94. The minimum absolute atomic E-state index is 0.117. The zero-order chi connectivity index (χ0) is 9.97. The summed E-state index contributed by atoms with van der Waals surface area (Å²) in [6, 6.07) is 0. The minimum Gasteiger partial charge on any atom is -0.343 e. The number of hydrogen-bond acceptors (Lipinski definition) is 3. The lowest BCUT2D eigenvalue weighted by atomic mass is 9.98. The summed E-state index contributed by atoms with van der Waals surface area (Å²) in [5.41, 5.74) is -0.286. The van der Waals surface area contributed by atoms with Crippen LogP contribution < -0.4 is 0 Å². The highest BCUT2D eigenvalue weighted by Gasteiger charge is 2.75. The van der Waals surface area contributed by atoms with Crippen molar-refractivity contribution in [2.24, 2.45) is 11.3 Å². The van der Waals surface area contributed by atoms with Crippen molar-refractivity contribution in [3.8, 4) is 0 Å². The average Bonchev–Trinajstić information content (AvgIpc) is 2.74. The lowest BCUT2D eigenvalue weighted by Gasteiger charge is -2.29. The maximum atomic E-state index is 11.2. The normalized spacial score (nSPS) is 60.3. The van der Waals surface area contributed by atoms with Gasteiger partial charge in [0.05, 0.1) is 17.6 Å². The molecule has 3 aliphatic rings. The monoisotopic (exact) mass is 196 g/mol. The van der Waals surface area contributed by atoms with E-state index >= 15 is 0 Å². The summed E-state index contributed by atoms with van der Waals surface area (Å²) >= 11 is 0. The van der Waals surface area contributed by atoms with Crippen molar-refractivity contribution in [1.29, 1.82) is 0 Å². The smallest absolute Gasteiger partial charge is 0.181 e. The first-order chi connectivity index (χ1) is 6.63. The molecule has 4 unspecified atom stereocenters. The van der Waals surface area contributed by atoms with Gasteiger partial charge in [-0.1, -0.05) is 0 Å². The molecule has 0 bridgehead atoms. The van der Waals surface area contributed by atoms with Gasteiger partial charge in [0.25, 0.3) is 0 Å². The maximum absolute atomic E-state index is 11.2. The zero-order valence-corrected chi connectivity index (χ0v) is 8.66. The lowest BCUT2D eigenvalue weighted by molar-refractivity contribution is -0.207. The van der Waals surface area contributed by atoms with E-state index in [9.17, 15) is 4.79 Å². The van der Waals surface area contributed by atoms with Crippen LogP contribution in [0.25, 0.3) is 0 Å². The van der Waals surface area contributed by atoms with E-state index in [-0.39, 0.29) is 17.6 Å². The van der Waals surface area contributed by atoms with Gasteiger partial charge in [0.15, 0.2) is 5.79 Å². The van der Waals surface area contributed by atoms with Gasteiger partial charge in [-0.2, -0.15) is 0 Å². The van der Waals surface area contributed by atoms with Gasteiger partial charge < -0.3 is 14.3 Å². The van der Waals surface area contributed by atoms with Crippen LogP contribution in [-0.4, -0.2) is 24.3 Å². The van der Waals surface area contributed by atoms with Crippen LogP contribution >= 0.6 is 0 Å². The predicted molar refractivity (Wildman–Crippen MR) is 49.7 cm³/mol. The van der Waals surface area contributed by atoms with Gasteiger partial charge in [-0.3, -0.25) is 0 Å². The van der Waals surface area contributed by atoms with Gasteiger partial charge >= 0.3 is 0 Å².